The van der Waals surface area contributed by atoms with Crippen molar-refractivity contribution in [3.63, 3.8) is 0 Å². The van der Waals surface area contributed by atoms with Gasteiger partial charge in [-0.15, -0.1) is 0 Å². The molecule has 1 aromatic rings. The zero-order chi connectivity index (χ0) is 13.3. The minimum absolute atomic E-state index is 0.269. The number of benzene rings is 1. The monoisotopic (exact) mass is 245 g/mol. The van der Waals surface area contributed by atoms with Gasteiger partial charge in [0.15, 0.2) is 0 Å². The Morgan fingerprint density at radius 2 is 1.72 bits per heavy atom. The molecule has 0 bridgehead atoms. The lowest BCUT2D eigenvalue weighted by Crippen LogP contribution is -2.36. The van der Waals surface area contributed by atoms with Crippen LogP contribution < -0.4 is 4.90 Å². The summed E-state index contributed by atoms with van der Waals surface area (Å²) in [4.78, 5) is 14.0. The molecule has 1 unspecified atom stereocenters. The van der Waals surface area contributed by atoms with E-state index in [9.17, 15) is 4.79 Å². The van der Waals surface area contributed by atoms with Crippen LogP contribution in [0.15, 0.2) is 24.3 Å². The van der Waals surface area contributed by atoms with Crippen LogP contribution in [0.4, 0.5) is 5.69 Å². The first-order valence-electron chi connectivity index (χ1n) is 6.92. The number of hydrogen-bond acceptors (Lipinski definition) is 1. The van der Waals surface area contributed by atoms with Crippen molar-refractivity contribution in [1.82, 2.24) is 0 Å². The highest BCUT2D eigenvalue weighted by Gasteiger charge is 2.33. The molecule has 98 valence electrons. The number of rotatable bonds is 3. The predicted octanol–water partition coefficient (Wildman–Crippen LogP) is 3.96. The fourth-order valence-electron chi connectivity index (χ4n) is 2.69. The average molecular weight is 245 g/mol. The van der Waals surface area contributed by atoms with E-state index in [4.69, 9.17) is 0 Å². The molecule has 1 aliphatic heterocycles. The Labute approximate surface area is 110 Å². The number of carbonyl (C=O) groups excluding carboxylic acids is 1. The molecule has 1 heterocycles. The van der Waals surface area contributed by atoms with Crippen molar-refractivity contribution in [1.29, 1.82) is 0 Å². The zero-order valence-electron chi connectivity index (χ0n) is 11.8. The van der Waals surface area contributed by atoms with E-state index in [-0.39, 0.29) is 5.91 Å². The van der Waals surface area contributed by atoms with E-state index in [1.165, 1.54) is 5.56 Å². The Morgan fingerprint density at radius 3 is 2.22 bits per heavy atom. The smallest absolute Gasteiger partial charge is 0.227 e. The van der Waals surface area contributed by atoms with Gasteiger partial charge in [-0.2, -0.15) is 0 Å². The topological polar surface area (TPSA) is 20.3 Å². The van der Waals surface area contributed by atoms with Crippen LogP contribution in [-0.4, -0.2) is 11.9 Å². The molecule has 2 nitrogen and oxygen atoms in total. The number of amides is 1. The van der Waals surface area contributed by atoms with Gasteiger partial charge in [-0.3, -0.25) is 4.79 Å². The summed E-state index contributed by atoms with van der Waals surface area (Å²) >= 11 is 0. The fraction of sp³-hybridized carbons (Fsp3) is 0.562. The van der Waals surface area contributed by atoms with E-state index in [1.807, 2.05) is 4.90 Å². The second-order valence-electron chi connectivity index (χ2n) is 5.86. The Hall–Kier alpha value is -1.31. The summed E-state index contributed by atoms with van der Waals surface area (Å²) in [6.45, 7) is 8.76. The van der Waals surface area contributed by atoms with Crippen molar-refractivity contribution in [3.8, 4) is 0 Å². The average Bonchev–Trinajstić information content (AvgIpc) is 2.71. The summed E-state index contributed by atoms with van der Waals surface area (Å²) in [5, 5.41) is 0. The standard InChI is InChI=1S/C16H23NO/c1-11(2)13-5-7-14(8-6-13)17-15(12(3)4)9-10-16(17)18/h5-8,11-12,15H,9-10H2,1-4H3. The maximum Gasteiger partial charge on any atom is 0.227 e. The molecule has 0 spiro atoms. The number of hydrogen-bond donors (Lipinski definition) is 0. The molecule has 0 aromatic heterocycles. The first-order chi connectivity index (χ1) is 8.50. The summed E-state index contributed by atoms with van der Waals surface area (Å²) in [6.07, 6.45) is 1.68. The summed E-state index contributed by atoms with van der Waals surface area (Å²) in [5.41, 5.74) is 2.38. The molecule has 1 fully saturated rings. The van der Waals surface area contributed by atoms with Crippen molar-refractivity contribution in [3.05, 3.63) is 29.8 Å². The third-order valence-electron chi connectivity index (χ3n) is 3.86. The van der Waals surface area contributed by atoms with Crippen molar-refractivity contribution < 1.29 is 4.79 Å². The third kappa shape index (κ3) is 2.43. The fourth-order valence-corrected chi connectivity index (χ4v) is 2.69. The molecule has 0 radical (unpaired) electrons. The van der Waals surface area contributed by atoms with Crippen molar-refractivity contribution >= 4 is 11.6 Å². The third-order valence-corrected chi connectivity index (χ3v) is 3.86. The van der Waals surface area contributed by atoms with Gasteiger partial charge in [0, 0.05) is 18.2 Å². The Kier molecular flexibility index (Phi) is 3.74. The van der Waals surface area contributed by atoms with Crippen molar-refractivity contribution in [2.45, 2.75) is 52.5 Å². The summed E-state index contributed by atoms with van der Waals surface area (Å²) in [6, 6.07) is 8.83. The normalized spacial score (nSPS) is 20.2. The van der Waals surface area contributed by atoms with Crippen molar-refractivity contribution in [2.75, 3.05) is 4.90 Å². The van der Waals surface area contributed by atoms with Gasteiger partial charge in [0.25, 0.3) is 0 Å². The SMILES string of the molecule is CC(C)c1ccc(N2C(=O)CCC2C(C)C)cc1. The highest BCUT2D eigenvalue weighted by atomic mass is 16.2. The van der Waals surface area contributed by atoms with Crippen LogP contribution in [0.1, 0.15) is 52.0 Å². The largest absolute Gasteiger partial charge is 0.309 e. The van der Waals surface area contributed by atoms with E-state index in [1.54, 1.807) is 0 Å². The van der Waals surface area contributed by atoms with Gasteiger partial charge in [-0.25, -0.2) is 0 Å². The second-order valence-corrected chi connectivity index (χ2v) is 5.86. The highest BCUT2D eigenvalue weighted by molar-refractivity contribution is 5.96. The van der Waals surface area contributed by atoms with E-state index in [0.29, 0.717) is 24.3 Å². The van der Waals surface area contributed by atoms with E-state index < -0.39 is 0 Å². The Morgan fingerprint density at radius 1 is 1.11 bits per heavy atom. The predicted molar refractivity (Wildman–Crippen MR) is 75.9 cm³/mol. The molecular formula is C16H23NO. The molecule has 2 rings (SSSR count). The summed E-state index contributed by atoms with van der Waals surface area (Å²) < 4.78 is 0. The molecule has 2 heteroatoms. The molecule has 1 amide bonds. The molecule has 1 aromatic carbocycles. The van der Waals surface area contributed by atoms with Crippen LogP contribution in [-0.2, 0) is 4.79 Å². The molecule has 18 heavy (non-hydrogen) atoms. The number of carbonyl (C=O) groups is 1. The van der Waals surface area contributed by atoms with Crippen LogP contribution in [0.2, 0.25) is 0 Å². The molecule has 1 saturated heterocycles. The first kappa shape index (κ1) is 13.1. The van der Waals surface area contributed by atoms with Crippen LogP contribution in [0, 0.1) is 5.92 Å². The molecule has 0 N–H and O–H groups in total. The maximum absolute atomic E-state index is 12.0. The van der Waals surface area contributed by atoms with Gasteiger partial charge in [-0.05, 0) is 36.0 Å². The van der Waals surface area contributed by atoms with Crippen LogP contribution in [0.5, 0.6) is 0 Å². The molecule has 0 saturated carbocycles. The van der Waals surface area contributed by atoms with Gasteiger partial charge in [0.05, 0.1) is 0 Å². The molecule has 0 aliphatic carbocycles. The Balaban J connectivity index is 2.26. The van der Waals surface area contributed by atoms with E-state index in [0.717, 1.165) is 12.1 Å². The quantitative estimate of drug-likeness (QED) is 0.789. The minimum atomic E-state index is 0.269. The van der Waals surface area contributed by atoms with Crippen LogP contribution in [0.25, 0.3) is 0 Å². The van der Waals surface area contributed by atoms with Crippen LogP contribution >= 0.6 is 0 Å². The molecule has 1 atom stereocenters. The first-order valence-corrected chi connectivity index (χ1v) is 6.92. The zero-order valence-corrected chi connectivity index (χ0v) is 11.8. The van der Waals surface area contributed by atoms with Gasteiger partial charge >= 0.3 is 0 Å². The van der Waals surface area contributed by atoms with Gasteiger partial charge < -0.3 is 4.90 Å². The lowest BCUT2D eigenvalue weighted by Gasteiger charge is -2.28. The summed E-state index contributed by atoms with van der Waals surface area (Å²) in [5.74, 6) is 1.32. The molecular weight excluding hydrogens is 222 g/mol. The van der Waals surface area contributed by atoms with Gasteiger partial charge in [-0.1, -0.05) is 39.8 Å². The number of nitrogens with zero attached hydrogens (tertiary/aromatic N) is 1. The lowest BCUT2D eigenvalue weighted by molar-refractivity contribution is -0.117. The van der Waals surface area contributed by atoms with Gasteiger partial charge in [0.1, 0.15) is 0 Å². The highest BCUT2D eigenvalue weighted by Crippen LogP contribution is 2.31. The molecule has 1 aliphatic rings. The lowest BCUT2D eigenvalue weighted by atomic mass is 10.0. The van der Waals surface area contributed by atoms with Crippen molar-refractivity contribution in [2.24, 2.45) is 5.92 Å². The Bertz CT molecular complexity index is 419. The van der Waals surface area contributed by atoms with Gasteiger partial charge in [0.2, 0.25) is 5.91 Å². The number of anilines is 1. The maximum atomic E-state index is 12.0. The van der Waals surface area contributed by atoms with Crippen LogP contribution in [0.3, 0.4) is 0 Å². The minimum Gasteiger partial charge on any atom is -0.309 e. The van der Waals surface area contributed by atoms with E-state index >= 15 is 0 Å². The van der Waals surface area contributed by atoms with E-state index in [2.05, 4.69) is 52.0 Å². The summed E-state index contributed by atoms with van der Waals surface area (Å²) in [7, 11) is 0. The second kappa shape index (κ2) is 5.13.